The van der Waals surface area contributed by atoms with Gasteiger partial charge in [-0.1, -0.05) is 44.2 Å². The molecule has 20 heavy (non-hydrogen) atoms. The normalized spacial score (nSPS) is 14.5. The molecular weight excluding hydrogens is 270 g/mol. The van der Waals surface area contributed by atoms with Crippen molar-refractivity contribution in [2.24, 2.45) is 5.92 Å². The van der Waals surface area contributed by atoms with E-state index in [2.05, 4.69) is 31.3 Å². The van der Waals surface area contributed by atoms with Crippen molar-refractivity contribution in [2.75, 3.05) is 19.3 Å². The minimum absolute atomic E-state index is 0.395. The van der Waals surface area contributed by atoms with E-state index < -0.39 is 14.6 Å². The quantitative estimate of drug-likeness (QED) is 0.842. The molecule has 0 heterocycles. The van der Waals surface area contributed by atoms with Gasteiger partial charge in [0.25, 0.3) is 0 Å². The van der Waals surface area contributed by atoms with Crippen LogP contribution in [0.25, 0.3) is 0 Å². The number of rotatable bonds is 7. The van der Waals surface area contributed by atoms with Gasteiger partial charge in [-0.05, 0) is 31.2 Å². The van der Waals surface area contributed by atoms with Crippen LogP contribution < -0.4 is 5.32 Å². The van der Waals surface area contributed by atoms with Crippen molar-refractivity contribution in [3.63, 3.8) is 0 Å². The summed E-state index contributed by atoms with van der Waals surface area (Å²) in [5.41, 5.74) is 1.30. The monoisotopic (exact) mass is 297 g/mol. The van der Waals surface area contributed by atoms with E-state index in [9.17, 15) is 8.42 Å². The molecule has 1 unspecified atom stereocenters. The van der Waals surface area contributed by atoms with Gasteiger partial charge in [-0.3, -0.25) is 0 Å². The van der Waals surface area contributed by atoms with Crippen LogP contribution in [0.2, 0.25) is 0 Å². The molecule has 1 atom stereocenters. The summed E-state index contributed by atoms with van der Waals surface area (Å²) >= 11 is 0. The third-order valence-electron chi connectivity index (χ3n) is 3.95. The molecule has 0 bridgehead atoms. The van der Waals surface area contributed by atoms with Crippen molar-refractivity contribution in [1.29, 1.82) is 0 Å². The minimum atomic E-state index is -3.05. The summed E-state index contributed by atoms with van der Waals surface area (Å²) in [5.74, 6) is 0.901. The molecule has 0 aliphatic carbocycles. The topological polar surface area (TPSA) is 46.2 Å². The van der Waals surface area contributed by atoms with Gasteiger partial charge in [-0.2, -0.15) is 0 Å². The standard InChI is InChI=1S/C16H27NO2S/c1-13(2)15(14-9-7-6-8-10-14)11-17-12-16(3,4)20(5,18)19/h6-10,13,15,17H,11-12H2,1-5H3. The maximum atomic E-state index is 11.7. The van der Waals surface area contributed by atoms with E-state index >= 15 is 0 Å². The molecule has 0 spiro atoms. The van der Waals surface area contributed by atoms with Gasteiger partial charge < -0.3 is 5.32 Å². The van der Waals surface area contributed by atoms with Gasteiger partial charge in [-0.15, -0.1) is 0 Å². The Morgan fingerprint density at radius 3 is 2.15 bits per heavy atom. The molecule has 0 aliphatic rings. The van der Waals surface area contributed by atoms with Gasteiger partial charge >= 0.3 is 0 Å². The number of hydrogen-bond donors (Lipinski definition) is 1. The van der Waals surface area contributed by atoms with Gasteiger partial charge in [0.2, 0.25) is 0 Å². The van der Waals surface area contributed by atoms with Gasteiger partial charge in [0.05, 0.1) is 4.75 Å². The molecule has 0 saturated heterocycles. The van der Waals surface area contributed by atoms with Crippen molar-refractivity contribution in [3.05, 3.63) is 35.9 Å². The number of benzene rings is 1. The summed E-state index contributed by atoms with van der Waals surface area (Å²) < 4.78 is 22.7. The lowest BCUT2D eigenvalue weighted by Gasteiger charge is -2.26. The van der Waals surface area contributed by atoms with E-state index in [0.717, 1.165) is 6.54 Å². The molecule has 1 aromatic rings. The molecule has 0 aliphatic heterocycles. The predicted octanol–water partition coefficient (Wildman–Crippen LogP) is 2.84. The molecule has 0 aromatic heterocycles. The summed E-state index contributed by atoms with van der Waals surface area (Å²) in [7, 11) is -3.05. The molecule has 0 amide bonds. The smallest absolute Gasteiger partial charge is 0.153 e. The first-order valence-corrected chi connectivity index (χ1v) is 8.99. The predicted molar refractivity (Wildman–Crippen MR) is 85.8 cm³/mol. The molecule has 0 radical (unpaired) electrons. The summed E-state index contributed by atoms with van der Waals surface area (Å²) in [6.07, 6.45) is 1.30. The number of sulfone groups is 1. The van der Waals surface area contributed by atoms with Crippen molar-refractivity contribution >= 4 is 9.84 Å². The van der Waals surface area contributed by atoms with Crippen LogP contribution in [0, 0.1) is 5.92 Å². The summed E-state index contributed by atoms with van der Waals surface area (Å²) in [5, 5.41) is 3.33. The van der Waals surface area contributed by atoms with E-state index in [1.807, 2.05) is 18.2 Å². The molecule has 0 saturated carbocycles. The molecule has 1 N–H and O–H groups in total. The lowest BCUT2D eigenvalue weighted by molar-refractivity contribution is 0.443. The molecular formula is C16H27NO2S. The zero-order valence-electron chi connectivity index (χ0n) is 13.2. The summed E-state index contributed by atoms with van der Waals surface area (Å²) in [4.78, 5) is 0. The first-order valence-electron chi connectivity index (χ1n) is 7.10. The fourth-order valence-corrected chi connectivity index (χ4v) is 2.46. The summed E-state index contributed by atoms with van der Waals surface area (Å²) in [6, 6.07) is 10.4. The van der Waals surface area contributed by atoms with Gasteiger partial charge in [0, 0.05) is 19.3 Å². The molecule has 3 nitrogen and oxygen atoms in total. The van der Waals surface area contributed by atoms with Crippen LogP contribution in [0.15, 0.2) is 30.3 Å². The maximum Gasteiger partial charge on any atom is 0.153 e. The van der Waals surface area contributed by atoms with Crippen LogP contribution >= 0.6 is 0 Å². The highest BCUT2D eigenvalue weighted by Gasteiger charge is 2.30. The van der Waals surface area contributed by atoms with Crippen molar-refractivity contribution in [3.8, 4) is 0 Å². The van der Waals surface area contributed by atoms with E-state index in [0.29, 0.717) is 18.4 Å². The Labute approximate surface area is 123 Å². The van der Waals surface area contributed by atoms with Gasteiger partial charge in [0.1, 0.15) is 0 Å². The molecule has 1 aromatic carbocycles. The Bertz CT molecular complexity index is 507. The SMILES string of the molecule is CC(C)C(CNCC(C)(C)S(C)(=O)=O)c1ccccc1. The minimum Gasteiger partial charge on any atom is -0.315 e. The molecule has 1 rings (SSSR count). The summed E-state index contributed by atoms with van der Waals surface area (Å²) in [6.45, 7) is 9.19. The van der Waals surface area contributed by atoms with Crippen LogP contribution in [0.4, 0.5) is 0 Å². The second-order valence-corrected chi connectivity index (χ2v) is 9.07. The Morgan fingerprint density at radius 2 is 1.70 bits per heavy atom. The highest BCUT2D eigenvalue weighted by molar-refractivity contribution is 7.92. The average Bonchev–Trinajstić information content (AvgIpc) is 2.34. The van der Waals surface area contributed by atoms with Crippen molar-refractivity contribution in [1.82, 2.24) is 5.32 Å². The van der Waals surface area contributed by atoms with E-state index in [1.54, 1.807) is 13.8 Å². The molecule has 114 valence electrons. The van der Waals surface area contributed by atoms with Gasteiger partial charge in [0.15, 0.2) is 9.84 Å². The highest BCUT2D eigenvalue weighted by atomic mass is 32.2. The number of hydrogen-bond acceptors (Lipinski definition) is 3. The first-order chi connectivity index (χ1) is 9.15. The zero-order chi connectivity index (χ0) is 15.4. The fourth-order valence-electron chi connectivity index (χ4n) is 2.10. The lowest BCUT2D eigenvalue weighted by Crippen LogP contribution is -2.43. The Balaban J connectivity index is 2.67. The van der Waals surface area contributed by atoms with Crippen LogP contribution in [0.3, 0.4) is 0 Å². The van der Waals surface area contributed by atoms with Crippen LogP contribution in [-0.2, 0) is 9.84 Å². The van der Waals surface area contributed by atoms with Crippen LogP contribution in [-0.4, -0.2) is 32.5 Å². The second kappa shape index (κ2) is 6.72. The Morgan fingerprint density at radius 1 is 1.15 bits per heavy atom. The molecule has 4 heteroatoms. The van der Waals surface area contributed by atoms with Crippen LogP contribution in [0.5, 0.6) is 0 Å². The van der Waals surface area contributed by atoms with E-state index in [4.69, 9.17) is 0 Å². The van der Waals surface area contributed by atoms with Crippen molar-refractivity contribution < 1.29 is 8.42 Å². The average molecular weight is 297 g/mol. The third kappa shape index (κ3) is 4.60. The zero-order valence-corrected chi connectivity index (χ0v) is 14.0. The Hall–Kier alpha value is -0.870. The molecule has 0 fully saturated rings. The highest BCUT2D eigenvalue weighted by Crippen LogP contribution is 2.23. The third-order valence-corrected chi connectivity index (χ3v) is 6.10. The first kappa shape index (κ1) is 17.2. The number of nitrogens with one attached hydrogen (secondary N) is 1. The lowest BCUT2D eigenvalue weighted by atomic mass is 9.88. The largest absolute Gasteiger partial charge is 0.315 e. The fraction of sp³-hybridized carbons (Fsp3) is 0.625. The Kier molecular flexibility index (Phi) is 5.78. The van der Waals surface area contributed by atoms with Gasteiger partial charge in [-0.25, -0.2) is 8.42 Å². The second-order valence-electron chi connectivity index (χ2n) is 6.42. The van der Waals surface area contributed by atoms with E-state index in [1.165, 1.54) is 11.8 Å². The van der Waals surface area contributed by atoms with E-state index in [-0.39, 0.29) is 0 Å². The maximum absolute atomic E-state index is 11.7. The van der Waals surface area contributed by atoms with Crippen LogP contribution in [0.1, 0.15) is 39.2 Å². The van der Waals surface area contributed by atoms with Crippen molar-refractivity contribution in [2.45, 2.75) is 38.4 Å².